The highest BCUT2D eigenvalue weighted by atomic mass is 32.1. The van der Waals surface area contributed by atoms with Gasteiger partial charge in [-0.2, -0.15) is 0 Å². The summed E-state index contributed by atoms with van der Waals surface area (Å²) >= 11 is 1.63. The van der Waals surface area contributed by atoms with Crippen molar-refractivity contribution in [2.45, 2.75) is 46.0 Å². The summed E-state index contributed by atoms with van der Waals surface area (Å²) in [5.74, 6) is -1.02. The molecule has 16 heavy (non-hydrogen) atoms. The Hall–Kier alpha value is -0.900. The van der Waals surface area contributed by atoms with E-state index in [-0.39, 0.29) is 11.3 Å². The quantitative estimate of drug-likeness (QED) is 0.881. The van der Waals surface area contributed by atoms with E-state index in [0.29, 0.717) is 6.42 Å². The van der Waals surface area contributed by atoms with E-state index in [9.17, 15) is 4.79 Å². The van der Waals surface area contributed by atoms with Gasteiger partial charge in [-0.15, -0.1) is 11.3 Å². The lowest BCUT2D eigenvalue weighted by Gasteiger charge is -2.14. The third-order valence-electron chi connectivity index (χ3n) is 2.53. The van der Waals surface area contributed by atoms with Crippen molar-refractivity contribution in [1.29, 1.82) is 0 Å². The van der Waals surface area contributed by atoms with E-state index in [2.05, 4.69) is 31.1 Å². The number of carboxylic acids is 1. The first-order chi connectivity index (χ1) is 7.30. The first-order valence-corrected chi connectivity index (χ1v) is 6.36. The van der Waals surface area contributed by atoms with Crippen LogP contribution in [0.2, 0.25) is 0 Å². The molecule has 0 bridgehead atoms. The summed E-state index contributed by atoms with van der Waals surface area (Å²) in [6, 6.07) is 0. The van der Waals surface area contributed by atoms with Gasteiger partial charge in [-0.1, -0.05) is 27.7 Å². The smallest absolute Gasteiger partial charge is 0.306 e. The Balaban J connectivity index is 2.57. The number of carboxylic acid groups (broad SMARTS) is 1. The van der Waals surface area contributed by atoms with E-state index in [1.54, 1.807) is 18.3 Å². The van der Waals surface area contributed by atoms with Gasteiger partial charge in [0, 0.05) is 17.2 Å². The Morgan fingerprint density at radius 3 is 2.62 bits per heavy atom. The van der Waals surface area contributed by atoms with Crippen LogP contribution in [-0.2, 0) is 16.6 Å². The number of thiazole rings is 1. The van der Waals surface area contributed by atoms with Crippen LogP contribution in [0.1, 0.15) is 44.8 Å². The van der Waals surface area contributed by atoms with E-state index < -0.39 is 5.97 Å². The highest BCUT2D eigenvalue weighted by molar-refractivity contribution is 7.09. The van der Waals surface area contributed by atoms with E-state index in [1.165, 1.54) is 0 Å². The molecule has 0 amide bonds. The number of rotatable bonds is 4. The molecule has 3 nitrogen and oxygen atoms in total. The molecule has 0 saturated heterocycles. The van der Waals surface area contributed by atoms with Crippen LogP contribution in [0.25, 0.3) is 0 Å². The van der Waals surface area contributed by atoms with E-state index in [4.69, 9.17) is 5.11 Å². The average Bonchev–Trinajstić information content (AvgIpc) is 2.61. The molecule has 1 rings (SSSR count). The second kappa shape index (κ2) is 4.95. The summed E-state index contributed by atoms with van der Waals surface area (Å²) in [5.41, 5.74) is 1.17. The molecule has 0 radical (unpaired) electrons. The lowest BCUT2D eigenvalue weighted by molar-refractivity contribution is -0.141. The largest absolute Gasteiger partial charge is 0.481 e. The van der Waals surface area contributed by atoms with Crippen molar-refractivity contribution < 1.29 is 9.90 Å². The summed E-state index contributed by atoms with van der Waals surface area (Å²) < 4.78 is 0. The zero-order valence-electron chi connectivity index (χ0n) is 10.3. The standard InChI is InChI=1S/C12H19NO2S/c1-8(11(14)15)5-6-10-13-9(7-16-10)12(2,3)4/h7-8H,5-6H2,1-4H3,(H,14,15). The Labute approximate surface area is 101 Å². The summed E-state index contributed by atoms with van der Waals surface area (Å²) in [6.45, 7) is 8.13. The maximum atomic E-state index is 10.7. The molecular weight excluding hydrogens is 222 g/mol. The fraction of sp³-hybridized carbons (Fsp3) is 0.667. The zero-order chi connectivity index (χ0) is 12.3. The Bertz CT molecular complexity index is 365. The highest BCUT2D eigenvalue weighted by Crippen LogP contribution is 2.24. The van der Waals surface area contributed by atoms with Crippen molar-refractivity contribution >= 4 is 17.3 Å². The van der Waals surface area contributed by atoms with Gasteiger partial charge in [0.25, 0.3) is 0 Å². The second-order valence-corrected chi connectivity index (χ2v) is 6.10. The maximum Gasteiger partial charge on any atom is 0.306 e. The average molecular weight is 241 g/mol. The number of carbonyl (C=O) groups is 1. The Morgan fingerprint density at radius 1 is 1.56 bits per heavy atom. The lowest BCUT2D eigenvalue weighted by Crippen LogP contribution is -2.12. The van der Waals surface area contributed by atoms with Crippen LogP contribution in [0.5, 0.6) is 0 Å². The van der Waals surface area contributed by atoms with Gasteiger partial charge < -0.3 is 5.11 Å². The molecule has 0 spiro atoms. The molecule has 0 aliphatic carbocycles. The summed E-state index contributed by atoms with van der Waals surface area (Å²) in [7, 11) is 0. The van der Waals surface area contributed by atoms with Crippen molar-refractivity contribution in [1.82, 2.24) is 4.98 Å². The van der Waals surface area contributed by atoms with Crippen LogP contribution in [0.15, 0.2) is 5.38 Å². The van der Waals surface area contributed by atoms with Gasteiger partial charge >= 0.3 is 5.97 Å². The van der Waals surface area contributed by atoms with E-state index in [1.807, 2.05) is 0 Å². The number of nitrogens with zero attached hydrogens (tertiary/aromatic N) is 1. The molecule has 0 saturated carbocycles. The molecule has 0 aliphatic rings. The third kappa shape index (κ3) is 3.59. The third-order valence-corrected chi connectivity index (χ3v) is 3.44. The zero-order valence-corrected chi connectivity index (χ0v) is 11.1. The van der Waals surface area contributed by atoms with Crippen LogP contribution in [0.4, 0.5) is 0 Å². The number of hydrogen-bond donors (Lipinski definition) is 1. The predicted molar refractivity (Wildman–Crippen MR) is 65.9 cm³/mol. The molecule has 4 heteroatoms. The van der Waals surface area contributed by atoms with Crippen molar-refractivity contribution in [2.24, 2.45) is 5.92 Å². The topological polar surface area (TPSA) is 50.2 Å². The van der Waals surface area contributed by atoms with Gasteiger partial charge in [0.1, 0.15) is 0 Å². The van der Waals surface area contributed by atoms with E-state index in [0.717, 1.165) is 17.1 Å². The molecule has 0 aliphatic heterocycles. The fourth-order valence-electron chi connectivity index (χ4n) is 1.23. The molecule has 1 N–H and O–H groups in total. The molecule has 0 aromatic carbocycles. The minimum atomic E-state index is -0.729. The van der Waals surface area contributed by atoms with Crippen LogP contribution >= 0.6 is 11.3 Å². The molecule has 1 aromatic heterocycles. The molecule has 1 unspecified atom stereocenters. The van der Waals surface area contributed by atoms with Crippen LogP contribution in [0.3, 0.4) is 0 Å². The first kappa shape index (κ1) is 13.2. The Kier molecular flexibility index (Phi) is 4.08. The first-order valence-electron chi connectivity index (χ1n) is 5.48. The molecule has 1 heterocycles. The van der Waals surface area contributed by atoms with Crippen LogP contribution in [-0.4, -0.2) is 16.1 Å². The van der Waals surface area contributed by atoms with Crippen LogP contribution in [0, 0.1) is 5.92 Å². The number of aliphatic carboxylic acids is 1. The van der Waals surface area contributed by atoms with Gasteiger partial charge in [0.2, 0.25) is 0 Å². The van der Waals surface area contributed by atoms with Crippen molar-refractivity contribution in [3.8, 4) is 0 Å². The van der Waals surface area contributed by atoms with Gasteiger partial charge in [0.15, 0.2) is 0 Å². The highest BCUT2D eigenvalue weighted by Gasteiger charge is 2.18. The summed E-state index contributed by atoms with van der Waals surface area (Å²) in [5, 5.41) is 11.9. The summed E-state index contributed by atoms with van der Waals surface area (Å²) in [6.07, 6.45) is 1.42. The molecule has 90 valence electrons. The monoisotopic (exact) mass is 241 g/mol. The maximum absolute atomic E-state index is 10.7. The van der Waals surface area contributed by atoms with Crippen molar-refractivity contribution in [3.63, 3.8) is 0 Å². The minimum Gasteiger partial charge on any atom is -0.481 e. The number of hydrogen-bond acceptors (Lipinski definition) is 3. The van der Waals surface area contributed by atoms with E-state index >= 15 is 0 Å². The van der Waals surface area contributed by atoms with Gasteiger partial charge in [0.05, 0.1) is 16.6 Å². The van der Waals surface area contributed by atoms with Gasteiger partial charge in [-0.3, -0.25) is 4.79 Å². The van der Waals surface area contributed by atoms with Crippen molar-refractivity contribution in [2.75, 3.05) is 0 Å². The summed E-state index contributed by atoms with van der Waals surface area (Å²) in [4.78, 5) is 15.2. The SMILES string of the molecule is CC(CCc1nc(C(C)(C)C)cs1)C(=O)O. The Morgan fingerprint density at radius 2 is 2.19 bits per heavy atom. The molecule has 1 aromatic rings. The lowest BCUT2D eigenvalue weighted by atomic mass is 9.93. The number of aryl methyl sites for hydroxylation is 1. The van der Waals surface area contributed by atoms with Gasteiger partial charge in [-0.05, 0) is 6.42 Å². The minimum absolute atomic E-state index is 0.0766. The van der Waals surface area contributed by atoms with Gasteiger partial charge in [-0.25, -0.2) is 4.98 Å². The normalized spacial score (nSPS) is 13.8. The molecule has 1 atom stereocenters. The molecular formula is C12H19NO2S. The number of aromatic nitrogens is 1. The van der Waals surface area contributed by atoms with Crippen molar-refractivity contribution in [3.05, 3.63) is 16.1 Å². The molecule has 0 fully saturated rings. The second-order valence-electron chi connectivity index (χ2n) is 5.15. The fourth-order valence-corrected chi connectivity index (χ4v) is 2.27. The predicted octanol–water partition coefficient (Wildman–Crippen LogP) is 3.09. The van der Waals surface area contributed by atoms with Crippen LogP contribution < -0.4 is 0 Å².